The maximum Gasteiger partial charge on any atom is 0.119 e. The molecule has 1 nitrogen and oxygen atoms in total. The molecule has 2 aromatic rings. The topological polar surface area (TPSA) is 9.23 Å². The van der Waals surface area contributed by atoms with Gasteiger partial charge in [0.15, 0.2) is 0 Å². The van der Waals surface area contributed by atoms with Crippen LogP contribution in [0.3, 0.4) is 0 Å². The van der Waals surface area contributed by atoms with Crippen molar-refractivity contribution in [2.45, 2.75) is 19.8 Å². The summed E-state index contributed by atoms with van der Waals surface area (Å²) in [6.07, 6.45) is 10.6. The van der Waals surface area contributed by atoms with Gasteiger partial charge in [-0.05, 0) is 43.0 Å². The van der Waals surface area contributed by atoms with E-state index in [-0.39, 0.29) is 0 Å². The van der Waals surface area contributed by atoms with Crippen molar-refractivity contribution in [2.75, 3.05) is 6.61 Å². The van der Waals surface area contributed by atoms with Crippen LogP contribution < -0.4 is 4.74 Å². The number of para-hydroxylation sites is 1. The molecule has 0 amide bonds. The fraction of sp³-hybridized carbons (Fsp3) is 0.200. The third-order valence-electron chi connectivity index (χ3n) is 3.13. The average molecular weight is 278 g/mol. The van der Waals surface area contributed by atoms with Crippen LogP contribution in [-0.2, 0) is 0 Å². The van der Waals surface area contributed by atoms with Gasteiger partial charge in [-0.25, -0.2) is 0 Å². The fourth-order valence-electron chi connectivity index (χ4n) is 2.04. The van der Waals surface area contributed by atoms with Crippen LogP contribution in [0.4, 0.5) is 0 Å². The van der Waals surface area contributed by atoms with Crippen LogP contribution >= 0.6 is 0 Å². The Bertz CT molecular complexity index is 565. The zero-order valence-corrected chi connectivity index (χ0v) is 12.5. The Morgan fingerprint density at radius 1 is 0.857 bits per heavy atom. The second-order valence-electron chi connectivity index (χ2n) is 4.87. The van der Waals surface area contributed by atoms with Crippen molar-refractivity contribution < 1.29 is 4.74 Å². The lowest BCUT2D eigenvalue weighted by molar-refractivity contribution is 0.312. The van der Waals surface area contributed by atoms with Crippen LogP contribution in [0.25, 0.3) is 12.2 Å². The lowest BCUT2D eigenvalue weighted by atomic mass is 10.1. The molecule has 0 heterocycles. The summed E-state index contributed by atoms with van der Waals surface area (Å²) in [5.41, 5.74) is 2.48. The van der Waals surface area contributed by atoms with E-state index in [2.05, 4.69) is 48.6 Å². The summed E-state index contributed by atoms with van der Waals surface area (Å²) in [6.45, 7) is 2.79. The molecule has 0 atom stereocenters. The highest BCUT2D eigenvalue weighted by molar-refractivity contribution is 5.55. The monoisotopic (exact) mass is 278 g/mol. The number of hydrogen-bond donors (Lipinski definition) is 0. The molecule has 21 heavy (non-hydrogen) atoms. The molecule has 0 radical (unpaired) electrons. The highest BCUT2D eigenvalue weighted by Crippen LogP contribution is 2.10. The summed E-state index contributed by atoms with van der Waals surface area (Å²) >= 11 is 0. The number of allylic oxidation sites excluding steroid dienone is 2. The summed E-state index contributed by atoms with van der Waals surface area (Å²) in [5.74, 6) is 0.945. The van der Waals surface area contributed by atoms with Crippen LogP contribution in [0.15, 0.2) is 66.7 Å². The molecule has 0 N–H and O–H groups in total. The summed E-state index contributed by atoms with van der Waals surface area (Å²) in [7, 11) is 0. The van der Waals surface area contributed by atoms with E-state index in [1.165, 1.54) is 11.1 Å². The normalized spacial score (nSPS) is 11.3. The van der Waals surface area contributed by atoms with E-state index in [0.717, 1.165) is 25.2 Å². The first-order valence-electron chi connectivity index (χ1n) is 7.45. The number of rotatable bonds is 7. The highest BCUT2D eigenvalue weighted by Gasteiger charge is 1.91. The molecule has 0 aliphatic heterocycles. The molecule has 0 aliphatic rings. The maximum atomic E-state index is 5.66. The predicted molar refractivity (Wildman–Crippen MR) is 91.4 cm³/mol. The molecule has 1 heteroatoms. The number of benzene rings is 2. The minimum absolute atomic E-state index is 0.759. The van der Waals surface area contributed by atoms with Gasteiger partial charge in [0, 0.05) is 0 Å². The van der Waals surface area contributed by atoms with Gasteiger partial charge in [-0.15, -0.1) is 0 Å². The molecule has 0 bridgehead atoms. The molecule has 2 aromatic carbocycles. The smallest absolute Gasteiger partial charge is 0.119 e. The summed E-state index contributed by atoms with van der Waals surface area (Å²) in [4.78, 5) is 0. The summed E-state index contributed by atoms with van der Waals surface area (Å²) < 4.78 is 5.66. The lowest BCUT2D eigenvalue weighted by Crippen LogP contribution is -1.95. The Labute approximate surface area is 127 Å². The van der Waals surface area contributed by atoms with E-state index in [1.54, 1.807) is 0 Å². The molecule has 0 unspecified atom stereocenters. The van der Waals surface area contributed by atoms with Crippen molar-refractivity contribution in [1.82, 2.24) is 0 Å². The maximum absolute atomic E-state index is 5.66. The molecule has 0 saturated carbocycles. The van der Waals surface area contributed by atoms with Crippen LogP contribution in [-0.4, -0.2) is 6.61 Å². The van der Waals surface area contributed by atoms with Crippen molar-refractivity contribution in [3.05, 3.63) is 77.9 Å². The number of unbranched alkanes of at least 4 members (excludes halogenated alkanes) is 1. The van der Waals surface area contributed by atoms with Crippen LogP contribution in [0.5, 0.6) is 5.75 Å². The molecule has 0 aromatic heterocycles. The Morgan fingerprint density at radius 3 is 2.19 bits per heavy atom. The first kappa shape index (κ1) is 15.1. The Kier molecular flexibility index (Phi) is 6.34. The first-order valence-corrected chi connectivity index (χ1v) is 7.45. The van der Waals surface area contributed by atoms with Crippen LogP contribution in [0.1, 0.15) is 30.9 Å². The molecule has 0 saturated heterocycles. The van der Waals surface area contributed by atoms with Crippen molar-refractivity contribution in [1.29, 1.82) is 0 Å². The van der Waals surface area contributed by atoms with Crippen molar-refractivity contribution >= 4 is 12.2 Å². The lowest BCUT2D eigenvalue weighted by Gasteiger charge is -2.03. The average Bonchev–Trinajstić information content (AvgIpc) is 2.53. The van der Waals surface area contributed by atoms with Gasteiger partial charge in [0.1, 0.15) is 5.75 Å². The summed E-state index contributed by atoms with van der Waals surface area (Å²) in [5, 5.41) is 0. The Hall–Kier alpha value is -2.28. The first-order chi connectivity index (χ1) is 10.4. The number of hydrogen-bond acceptors (Lipinski definition) is 1. The van der Waals surface area contributed by atoms with E-state index in [1.807, 2.05) is 37.3 Å². The van der Waals surface area contributed by atoms with E-state index < -0.39 is 0 Å². The molecule has 0 spiro atoms. The third kappa shape index (κ3) is 5.70. The van der Waals surface area contributed by atoms with Gasteiger partial charge in [0.2, 0.25) is 0 Å². The standard InChI is InChI=1S/C20H22O/c1-2-9-18-13-15-19(16-14-18)10-5-4-8-17-21-20-11-6-3-7-12-20/h2-3,5-7,9-16H,4,8,17H2,1H3. The van der Waals surface area contributed by atoms with Gasteiger partial charge in [0.05, 0.1) is 6.61 Å². The Balaban J connectivity index is 1.68. The van der Waals surface area contributed by atoms with Gasteiger partial charge < -0.3 is 4.74 Å². The van der Waals surface area contributed by atoms with Crippen molar-refractivity contribution in [3.8, 4) is 5.75 Å². The minimum Gasteiger partial charge on any atom is -0.494 e. The van der Waals surface area contributed by atoms with Crippen molar-refractivity contribution in [3.63, 3.8) is 0 Å². The van der Waals surface area contributed by atoms with E-state index >= 15 is 0 Å². The molecule has 2 rings (SSSR count). The third-order valence-corrected chi connectivity index (χ3v) is 3.13. The van der Waals surface area contributed by atoms with E-state index in [9.17, 15) is 0 Å². The molecule has 108 valence electrons. The predicted octanol–water partition coefficient (Wildman–Crippen LogP) is 5.59. The van der Waals surface area contributed by atoms with Gasteiger partial charge >= 0.3 is 0 Å². The molecule has 0 aliphatic carbocycles. The Morgan fingerprint density at radius 2 is 1.52 bits per heavy atom. The second kappa shape index (κ2) is 8.80. The minimum atomic E-state index is 0.759. The van der Waals surface area contributed by atoms with Gasteiger partial charge in [-0.1, -0.05) is 66.8 Å². The van der Waals surface area contributed by atoms with Gasteiger partial charge in [0.25, 0.3) is 0 Å². The molecular formula is C20H22O. The highest BCUT2D eigenvalue weighted by atomic mass is 16.5. The summed E-state index contributed by atoms with van der Waals surface area (Å²) in [6, 6.07) is 18.5. The van der Waals surface area contributed by atoms with E-state index in [0.29, 0.717) is 0 Å². The molecule has 0 fully saturated rings. The van der Waals surface area contributed by atoms with Crippen LogP contribution in [0.2, 0.25) is 0 Å². The largest absolute Gasteiger partial charge is 0.494 e. The van der Waals surface area contributed by atoms with Gasteiger partial charge in [-0.3, -0.25) is 0 Å². The number of ether oxygens (including phenoxy) is 1. The van der Waals surface area contributed by atoms with Crippen LogP contribution in [0, 0.1) is 0 Å². The zero-order valence-electron chi connectivity index (χ0n) is 12.5. The fourth-order valence-corrected chi connectivity index (χ4v) is 2.04. The SMILES string of the molecule is CC=Cc1ccc(C=CCCCOc2ccccc2)cc1. The quantitative estimate of drug-likeness (QED) is 0.600. The van der Waals surface area contributed by atoms with Crippen molar-refractivity contribution in [2.24, 2.45) is 0 Å². The zero-order chi connectivity index (χ0) is 14.8. The van der Waals surface area contributed by atoms with Gasteiger partial charge in [-0.2, -0.15) is 0 Å². The molecular weight excluding hydrogens is 256 g/mol. The second-order valence-corrected chi connectivity index (χ2v) is 4.87. The van der Waals surface area contributed by atoms with E-state index in [4.69, 9.17) is 4.74 Å².